The molecule has 0 unspecified atom stereocenters. The van der Waals surface area contributed by atoms with Gasteiger partial charge in [-0.2, -0.15) is 0 Å². The van der Waals surface area contributed by atoms with E-state index in [4.69, 9.17) is 0 Å². The summed E-state index contributed by atoms with van der Waals surface area (Å²) < 4.78 is 1.35. The minimum atomic E-state index is -0.162. The minimum Gasteiger partial charge on any atom is -0.361 e. The van der Waals surface area contributed by atoms with E-state index in [2.05, 4.69) is 46.0 Å². The molecule has 0 saturated carbocycles. The molecule has 0 fully saturated rings. The van der Waals surface area contributed by atoms with Crippen LogP contribution in [0.1, 0.15) is 6.42 Å². The highest BCUT2D eigenvalue weighted by Gasteiger charge is 2.04. The van der Waals surface area contributed by atoms with E-state index in [-0.39, 0.29) is 10.2 Å². The second-order valence-electron chi connectivity index (χ2n) is 3.64. The van der Waals surface area contributed by atoms with Crippen molar-refractivity contribution in [3.05, 3.63) is 24.3 Å². The Hall–Kier alpha value is -1.38. The van der Waals surface area contributed by atoms with Crippen molar-refractivity contribution in [3.8, 4) is 0 Å². The fourth-order valence-electron chi connectivity index (χ4n) is 1.42. The molecule has 1 aromatic heterocycles. The number of carbonyl (C=O) groups is 1. The normalized spacial score (nSPS) is 10.2. The third-order valence-corrected chi connectivity index (χ3v) is 3.44. The van der Waals surface area contributed by atoms with E-state index >= 15 is 0 Å². The van der Waals surface area contributed by atoms with E-state index in [0.29, 0.717) is 13.0 Å². The number of thiazole rings is 1. The molecule has 5 nitrogen and oxygen atoms in total. The molecule has 2 aromatic rings. The van der Waals surface area contributed by atoms with Crippen LogP contribution in [0.3, 0.4) is 0 Å². The lowest BCUT2D eigenvalue weighted by Gasteiger charge is -2.06. The number of carbonyl (C=O) groups excluding carboxylic acids is 1. The van der Waals surface area contributed by atoms with Crippen molar-refractivity contribution in [3.63, 3.8) is 0 Å². The number of aromatic nitrogens is 1. The lowest BCUT2D eigenvalue weighted by Crippen LogP contribution is -2.39. The number of benzene rings is 1. The van der Waals surface area contributed by atoms with Gasteiger partial charge < -0.3 is 5.32 Å². The number of para-hydroxylation sites is 1. The summed E-state index contributed by atoms with van der Waals surface area (Å²) in [5, 5.41) is 3.93. The Bertz CT molecular complexity index is 565. The Balaban J connectivity index is 1.79. The molecule has 0 aliphatic carbocycles. The molecule has 1 aromatic carbocycles. The summed E-state index contributed by atoms with van der Waals surface area (Å²) in [5.74, 6) is -0.162. The predicted octanol–water partition coefficient (Wildman–Crippen LogP) is 1.93. The third-order valence-electron chi connectivity index (χ3n) is 2.23. The molecule has 100 valence electrons. The van der Waals surface area contributed by atoms with Crippen LogP contribution in [0.4, 0.5) is 5.13 Å². The number of anilines is 1. The van der Waals surface area contributed by atoms with Crippen LogP contribution in [-0.4, -0.2) is 21.8 Å². The minimum absolute atomic E-state index is 0.162. The fraction of sp³-hybridized carbons (Fsp3) is 0.182. The second kappa shape index (κ2) is 6.69. The van der Waals surface area contributed by atoms with Crippen LogP contribution < -0.4 is 16.2 Å². The SMILES string of the molecule is O=C(CCNc1nc2ccccc2s1)NNC(=S)S. The number of amides is 1. The van der Waals surface area contributed by atoms with Gasteiger partial charge in [0.05, 0.1) is 10.2 Å². The van der Waals surface area contributed by atoms with Gasteiger partial charge in [0.2, 0.25) is 5.91 Å². The van der Waals surface area contributed by atoms with Crippen LogP contribution in [0.25, 0.3) is 10.2 Å². The van der Waals surface area contributed by atoms with Crippen LogP contribution in [0.5, 0.6) is 0 Å². The molecular formula is C11H12N4OS3. The Morgan fingerprint density at radius 2 is 2.16 bits per heavy atom. The fourth-order valence-corrected chi connectivity index (χ4v) is 2.41. The molecule has 19 heavy (non-hydrogen) atoms. The molecule has 2 rings (SSSR count). The van der Waals surface area contributed by atoms with E-state index in [1.165, 1.54) is 0 Å². The van der Waals surface area contributed by atoms with Crippen LogP contribution in [0.15, 0.2) is 24.3 Å². The van der Waals surface area contributed by atoms with Crippen molar-refractivity contribution in [1.29, 1.82) is 0 Å². The Morgan fingerprint density at radius 1 is 1.37 bits per heavy atom. The smallest absolute Gasteiger partial charge is 0.240 e. The lowest BCUT2D eigenvalue weighted by atomic mass is 10.3. The molecule has 0 radical (unpaired) electrons. The molecule has 0 aliphatic heterocycles. The molecule has 0 spiro atoms. The highest BCUT2D eigenvalue weighted by Crippen LogP contribution is 2.25. The highest BCUT2D eigenvalue weighted by molar-refractivity contribution is 8.11. The van der Waals surface area contributed by atoms with Gasteiger partial charge in [-0.05, 0) is 12.1 Å². The number of nitrogens with zero attached hydrogens (tertiary/aromatic N) is 1. The average Bonchev–Trinajstić information content (AvgIpc) is 2.79. The van der Waals surface area contributed by atoms with E-state index in [0.717, 1.165) is 15.3 Å². The summed E-state index contributed by atoms with van der Waals surface area (Å²) in [6.07, 6.45) is 0.319. The number of nitrogens with one attached hydrogen (secondary N) is 3. The van der Waals surface area contributed by atoms with Crippen molar-refractivity contribution in [2.75, 3.05) is 11.9 Å². The third kappa shape index (κ3) is 4.34. The van der Waals surface area contributed by atoms with E-state index in [1.54, 1.807) is 11.3 Å². The maximum Gasteiger partial charge on any atom is 0.240 e. The van der Waals surface area contributed by atoms with Crippen LogP contribution in [-0.2, 0) is 4.79 Å². The summed E-state index contributed by atoms with van der Waals surface area (Å²) >= 11 is 10.1. The molecule has 1 heterocycles. The van der Waals surface area contributed by atoms with Crippen LogP contribution >= 0.6 is 36.2 Å². The molecule has 8 heteroatoms. The predicted molar refractivity (Wildman–Crippen MR) is 85.6 cm³/mol. The number of fused-ring (bicyclic) bond motifs is 1. The number of thiol groups is 1. The zero-order valence-electron chi connectivity index (χ0n) is 9.84. The van der Waals surface area contributed by atoms with Gasteiger partial charge in [-0.15, -0.1) is 12.6 Å². The van der Waals surface area contributed by atoms with Crippen molar-refractivity contribution in [1.82, 2.24) is 15.8 Å². The second-order valence-corrected chi connectivity index (χ2v) is 5.83. The quantitative estimate of drug-likeness (QED) is 0.395. The maximum atomic E-state index is 11.4. The monoisotopic (exact) mass is 312 g/mol. The first-order valence-corrected chi connectivity index (χ1v) is 7.19. The number of hydrogen-bond donors (Lipinski definition) is 4. The van der Waals surface area contributed by atoms with Gasteiger partial charge in [-0.1, -0.05) is 35.7 Å². The van der Waals surface area contributed by atoms with E-state index < -0.39 is 0 Å². The van der Waals surface area contributed by atoms with Gasteiger partial charge in [0.15, 0.2) is 5.13 Å². The first kappa shape index (κ1) is 14.0. The molecule has 0 saturated heterocycles. The van der Waals surface area contributed by atoms with Gasteiger partial charge in [-0.25, -0.2) is 4.98 Å². The summed E-state index contributed by atoms with van der Waals surface area (Å²) in [5.41, 5.74) is 5.86. The number of thiocarbonyl (C=S) groups is 1. The zero-order chi connectivity index (χ0) is 13.7. The number of rotatable bonds is 4. The zero-order valence-corrected chi connectivity index (χ0v) is 12.4. The Morgan fingerprint density at radius 3 is 2.89 bits per heavy atom. The number of hydrazine groups is 1. The first-order valence-electron chi connectivity index (χ1n) is 5.52. The summed E-state index contributed by atoms with van der Waals surface area (Å²) in [6, 6.07) is 7.90. The molecule has 0 bridgehead atoms. The van der Waals surface area contributed by atoms with Gasteiger partial charge in [0.25, 0.3) is 0 Å². The molecule has 3 N–H and O–H groups in total. The molecule has 0 aliphatic rings. The summed E-state index contributed by atoms with van der Waals surface area (Å²) in [7, 11) is 0. The van der Waals surface area contributed by atoms with Crippen molar-refractivity contribution in [2.24, 2.45) is 0 Å². The number of hydrogen-bond acceptors (Lipinski definition) is 5. The summed E-state index contributed by atoms with van der Waals surface area (Å²) in [4.78, 5) is 15.8. The van der Waals surface area contributed by atoms with Crippen LogP contribution in [0.2, 0.25) is 0 Å². The topological polar surface area (TPSA) is 66.0 Å². The Kier molecular flexibility index (Phi) is 4.94. The van der Waals surface area contributed by atoms with Gasteiger partial charge in [-0.3, -0.25) is 15.6 Å². The van der Waals surface area contributed by atoms with E-state index in [1.807, 2.05) is 24.3 Å². The lowest BCUT2D eigenvalue weighted by molar-refractivity contribution is -0.121. The standard InChI is InChI=1S/C11H12N4OS3/c16-9(14-15-11(17)18)5-6-12-10-13-7-3-1-2-4-8(7)19-10/h1-4H,5-6H2,(H,12,13)(H,14,16)(H2,15,17,18). The Labute approximate surface area is 125 Å². The molecule has 1 amide bonds. The van der Waals surface area contributed by atoms with Crippen molar-refractivity contribution >= 4 is 61.8 Å². The maximum absolute atomic E-state index is 11.4. The van der Waals surface area contributed by atoms with Gasteiger partial charge in [0, 0.05) is 13.0 Å². The van der Waals surface area contributed by atoms with Crippen molar-refractivity contribution in [2.45, 2.75) is 6.42 Å². The van der Waals surface area contributed by atoms with E-state index in [9.17, 15) is 4.79 Å². The van der Waals surface area contributed by atoms with Gasteiger partial charge in [0.1, 0.15) is 4.32 Å². The average molecular weight is 312 g/mol. The largest absolute Gasteiger partial charge is 0.361 e. The highest BCUT2D eigenvalue weighted by atomic mass is 32.1. The molecule has 0 atom stereocenters. The van der Waals surface area contributed by atoms with Gasteiger partial charge >= 0.3 is 0 Å². The first-order chi connectivity index (χ1) is 9.15. The van der Waals surface area contributed by atoms with Crippen molar-refractivity contribution < 1.29 is 4.79 Å². The van der Waals surface area contributed by atoms with Crippen LogP contribution in [0, 0.1) is 0 Å². The summed E-state index contributed by atoms with van der Waals surface area (Å²) in [6.45, 7) is 0.507. The molecular weight excluding hydrogens is 300 g/mol.